The third-order valence-electron chi connectivity index (χ3n) is 12.1. The lowest BCUT2D eigenvalue weighted by Crippen LogP contribution is -2.40. The van der Waals surface area contributed by atoms with Crippen molar-refractivity contribution in [3.8, 4) is 22.3 Å². The third-order valence-corrected chi connectivity index (χ3v) is 13.3. The van der Waals surface area contributed by atoms with Gasteiger partial charge in [-0.1, -0.05) is 147 Å². The Labute approximate surface area is 320 Å². The minimum absolute atomic E-state index is 0.117. The van der Waals surface area contributed by atoms with Crippen LogP contribution in [0.25, 0.3) is 42.4 Å². The Bertz CT molecular complexity index is 2830. The summed E-state index contributed by atoms with van der Waals surface area (Å²) in [5.74, 6) is 0. The Morgan fingerprint density at radius 3 is 1.54 bits per heavy atom. The van der Waals surface area contributed by atoms with Crippen LogP contribution in [0.2, 0.25) is 0 Å². The van der Waals surface area contributed by atoms with Crippen LogP contribution < -0.4 is 4.90 Å². The van der Waals surface area contributed by atoms with E-state index in [9.17, 15) is 0 Å². The zero-order valence-electron chi connectivity index (χ0n) is 30.3. The van der Waals surface area contributed by atoms with E-state index in [-0.39, 0.29) is 5.41 Å². The summed E-state index contributed by atoms with van der Waals surface area (Å²) in [6, 6.07) is 70.0. The average molecular weight is 708 g/mol. The lowest BCUT2D eigenvalue weighted by Gasteiger charge is -2.46. The summed E-state index contributed by atoms with van der Waals surface area (Å²) in [5.41, 5.74) is 16.4. The van der Waals surface area contributed by atoms with E-state index in [4.69, 9.17) is 0 Å². The highest BCUT2D eigenvalue weighted by Gasteiger charge is 2.53. The van der Waals surface area contributed by atoms with E-state index in [1.165, 1.54) is 75.8 Å². The van der Waals surface area contributed by atoms with Gasteiger partial charge in [0.25, 0.3) is 0 Å². The van der Waals surface area contributed by atoms with Crippen LogP contribution >= 0.6 is 11.3 Å². The van der Waals surface area contributed by atoms with E-state index >= 15 is 0 Å². The number of hydrogen-bond acceptors (Lipinski definition) is 2. The minimum Gasteiger partial charge on any atom is -0.310 e. The summed E-state index contributed by atoms with van der Waals surface area (Å²) in [4.78, 5) is 2.36. The maximum Gasteiger partial charge on any atom is 0.0719 e. The summed E-state index contributed by atoms with van der Waals surface area (Å²) in [6.45, 7) is 4.78. The number of rotatable bonds is 4. The molecule has 1 nitrogen and oxygen atoms in total. The van der Waals surface area contributed by atoms with Crippen molar-refractivity contribution in [3.63, 3.8) is 0 Å². The first-order valence-electron chi connectivity index (χ1n) is 18.9. The van der Waals surface area contributed by atoms with Crippen LogP contribution in [0, 0.1) is 0 Å². The lowest BCUT2D eigenvalue weighted by atomic mass is 9.55. The average Bonchev–Trinajstić information content (AvgIpc) is 3.74. The van der Waals surface area contributed by atoms with E-state index in [0.29, 0.717) is 0 Å². The highest BCUT2D eigenvalue weighted by atomic mass is 32.1. The Morgan fingerprint density at radius 1 is 0.389 bits per heavy atom. The van der Waals surface area contributed by atoms with Crippen molar-refractivity contribution >= 4 is 48.6 Å². The van der Waals surface area contributed by atoms with Crippen LogP contribution in [0.5, 0.6) is 0 Å². The van der Waals surface area contributed by atoms with Crippen LogP contribution in [0.15, 0.2) is 188 Å². The summed E-state index contributed by atoms with van der Waals surface area (Å²) in [5, 5.41) is 2.58. The molecule has 0 N–H and O–H groups in total. The van der Waals surface area contributed by atoms with Gasteiger partial charge < -0.3 is 4.90 Å². The fourth-order valence-electron chi connectivity index (χ4n) is 9.82. The van der Waals surface area contributed by atoms with Crippen molar-refractivity contribution in [1.82, 2.24) is 0 Å². The largest absolute Gasteiger partial charge is 0.310 e. The number of thiophene rings is 1. The number of anilines is 3. The molecule has 9 aromatic rings. The van der Waals surface area contributed by atoms with Gasteiger partial charge in [-0.3, -0.25) is 0 Å². The van der Waals surface area contributed by atoms with Crippen molar-refractivity contribution in [2.75, 3.05) is 4.90 Å². The fourth-order valence-corrected chi connectivity index (χ4v) is 10.9. The van der Waals surface area contributed by atoms with Gasteiger partial charge in [0.05, 0.1) is 5.41 Å². The van der Waals surface area contributed by atoms with E-state index < -0.39 is 5.41 Å². The van der Waals surface area contributed by atoms with Gasteiger partial charge in [0, 0.05) is 42.6 Å². The normalized spacial score (nSPS) is 14.4. The smallest absolute Gasteiger partial charge is 0.0719 e. The SMILES string of the molecule is CC1(C)c2ccccc2C2(c3ccccc3-c3c(-c4ccc5sc6ccc(N(c7ccccc7)c7ccccc7)cc6c5c4)cccc32)c2ccccc21. The van der Waals surface area contributed by atoms with Gasteiger partial charge in [-0.15, -0.1) is 11.3 Å². The first-order chi connectivity index (χ1) is 26.5. The molecule has 1 spiro atoms. The molecule has 2 aliphatic carbocycles. The van der Waals surface area contributed by atoms with Crippen molar-refractivity contribution in [2.45, 2.75) is 24.7 Å². The molecule has 54 heavy (non-hydrogen) atoms. The van der Waals surface area contributed by atoms with E-state index in [1.807, 2.05) is 11.3 Å². The van der Waals surface area contributed by atoms with Crippen molar-refractivity contribution in [2.24, 2.45) is 0 Å². The van der Waals surface area contributed by atoms with Crippen molar-refractivity contribution in [1.29, 1.82) is 0 Å². The first kappa shape index (κ1) is 31.3. The zero-order chi connectivity index (χ0) is 36.0. The molecule has 0 atom stereocenters. The van der Waals surface area contributed by atoms with Crippen LogP contribution in [0.4, 0.5) is 17.1 Å². The molecule has 1 aromatic heterocycles. The van der Waals surface area contributed by atoms with Crippen molar-refractivity contribution in [3.05, 3.63) is 221 Å². The fraction of sp³-hybridized carbons (Fsp3) is 0.0769. The highest BCUT2D eigenvalue weighted by molar-refractivity contribution is 7.25. The summed E-state index contributed by atoms with van der Waals surface area (Å²) in [7, 11) is 0. The van der Waals surface area contributed by atoms with Gasteiger partial charge in [-0.25, -0.2) is 0 Å². The summed E-state index contributed by atoms with van der Waals surface area (Å²) < 4.78 is 2.60. The van der Waals surface area contributed by atoms with Gasteiger partial charge >= 0.3 is 0 Å². The summed E-state index contributed by atoms with van der Waals surface area (Å²) >= 11 is 1.88. The second-order valence-corrected chi connectivity index (χ2v) is 16.3. The molecule has 256 valence electrons. The molecular weight excluding hydrogens is 671 g/mol. The third kappa shape index (κ3) is 4.26. The predicted octanol–water partition coefficient (Wildman–Crippen LogP) is 14.2. The standard InChI is InChI=1S/C52H37NS/c1-51(2)43-23-11-13-25-45(43)52(46-26-14-12-24-44(46)51)42-22-10-9-20-39(42)50-38(21-15-27-47(50)52)34-28-30-48-40(32-34)41-33-37(29-31-49(41)54-48)53(35-16-5-3-6-17-35)36-18-7-4-8-19-36/h3-33H,1-2H3. The molecule has 11 rings (SSSR count). The maximum absolute atomic E-state index is 2.45. The molecular formula is C52H37NS. The van der Waals surface area contributed by atoms with Crippen LogP contribution in [-0.4, -0.2) is 0 Å². The molecule has 0 fully saturated rings. The number of nitrogens with zero attached hydrogens (tertiary/aromatic N) is 1. The molecule has 2 heteroatoms. The molecule has 0 saturated heterocycles. The molecule has 0 saturated carbocycles. The summed E-state index contributed by atoms with van der Waals surface area (Å²) in [6.07, 6.45) is 0. The number of hydrogen-bond donors (Lipinski definition) is 0. The molecule has 2 aliphatic rings. The van der Waals surface area contributed by atoms with Crippen molar-refractivity contribution < 1.29 is 0 Å². The van der Waals surface area contributed by atoms with E-state index in [1.54, 1.807) is 0 Å². The van der Waals surface area contributed by atoms with Gasteiger partial charge in [0.1, 0.15) is 0 Å². The monoisotopic (exact) mass is 707 g/mol. The zero-order valence-corrected chi connectivity index (χ0v) is 31.1. The molecule has 0 aliphatic heterocycles. The van der Waals surface area contributed by atoms with E-state index in [0.717, 1.165) is 17.1 Å². The molecule has 8 aromatic carbocycles. The Hall–Kier alpha value is -6.22. The van der Waals surface area contributed by atoms with E-state index in [2.05, 4.69) is 207 Å². The van der Waals surface area contributed by atoms with Gasteiger partial charge in [0.2, 0.25) is 0 Å². The Morgan fingerprint density at radius 2 is 0.889 bits per heavy atom. The topological polar surface area (TPSA) is 3.24 Å². The molecule has 0 unspecified atom stereocenters. The highest BCUT2D eigenvalue weighted by Crippen LogP contribution is 2.63. The second-order valence-electron chi connectivity index (χ2n) is 15.2. The molecule has 0 amide bonds. The van der Waals surface area contributed by atoms with Crippen LogP contribution in [0.3, 0.4) is 0 Å². The van der Waals surface area contributed by atoms with Gasteiger partial charge in [-0.2, -0.15) is 0 Å². The molecule has 1 heterocycles. The Kier molecular flexibility index (Phi) is 6.75. The molecule has 0 bridgehead atoms. The minimum atomic E-state index is -0.406. The Balaban J connectivity index is 1.14. The maximum atomic E-state index is 2.45. The molecule has 0 radical (unpaired) electrons. The van der Waals surface area contributed by atoms with Crippen LogP contribution in [0.1, 0.15) is 47.2 Å². The number of benzene rings is 8. The van der Waals surface area contributed by atoms with Gasteiger partial charge in [-0.05, 0) is 110 Å². The quantitative estimate of drug-likeness (QED) is 0.176. The second kappa shape index (κ2) is 11.6. The van der Waals surface area contributed by atoms with Gasteiger partial charge in [0.15, 0.2) is 0 Å². The lowest BCUT2D eigenvalue weighted by molar-refractivity contribution is 0.563. The predicted molar refractivity (Wildman–Crippen MR) is 229 cm³/mol. The number of fused-ring (bicyclic) bond motifs is 12. The van der Waals surface area contributed by atoms with Crippen LogP contribution in [-0.2, 0) is 10.8 Å². The number of para-hydroxylation sites is 2. The first-order valence-corrected chi connectivity index (χ1v) is 19.7.